The van der Waals surface area contributed by atoms with Crippen LogP contribution in [-0.2, 0) is 14.8 Å². The summed E-state index contributed by atoms with van der Waals surface area (Å²) < 4.78 is 27.9. The molecule has 3 rings (SSSR count). The van der Waals surface area contributed by atoms with E-state index in [-0.39, 0.29) is 17.7 Å². The number of hydrazine groups is 1. The van der Waals surface area contributed by atoms with Crippen molar-refractivity contribution in [3.63, 3.8) is 0 Å². The van der Waals surface area contributed by atoms with E-state index in [2.05, 4.69) is 29.4 Å². The minimum Gasteiger partial charge on any atom is -0.299 e. The molecule has 0 aliphatic heterocycles. The van der Waals surface area contributed by atoms with Crippen molar-refractivity contribution in [3.8, 4) is 0 Å². The van der Waals surface area contributed by atoms with Crippen LogP contribution in [-0.4, -0.2) is 20.9 Å². The number of benzene rings is 2. The number of rotatable bonds is 8. The van der Waals surface area contributed by atoms with E-state index < -0.39 is 10.0 Å². The number of sulfonamides is 1. The lowest BCUT2D eigenvalue weighted by molar-refractivity contribution is -0.125. The first kappa shape index (κ1) is 23.6. The summed E-state index contributed by atoms with van der Waals surface area (Å²) >= 11 is 5.86. The van der Waals surface area contributed by atoms with Gasteiger partial charge in [0.15, 0.2) is 0 Å². The van der Waals surface area contributed by atoms with Gasteiger partial charge >= 0.3 is 0 Å². The summed E-state index contributed by atoms with van der Waals surface area (Å²) in [6.45, 7) is 4.55. The number of hydrogen-bond donors (Lipinski definition) is 3. The molecule has 1 aliphatic rings. The molecule has 2 aromatic rings. The van der Waals surface area contributed by atoms with E-state index in [1.165, 1.54) is 0 Å². The van der Waals surface area contributed by atoms with Crippen molar-refractivity contribution in [1.82, 2.24) is 10.1 Å². The standard InChI is InChI=1S/C23H30ClN3O3S/c1-16(2)18-7-13-22(14-8-18)31(29,30)25-15-17-3-5-19(6-4-17)23(28)27-26-21-11-9-20(24)10-12-21/h7-14,16-17,19,25-26H,3-6,15H2,1-2H3,(H,27,28). The summed E-state index contributed by atoms with van der Waals surface area (Å²) in [5.74, 6) is 0.479. The summed E-state index contributed by atoms with van der Waals surface area (Å²) in [4.78, 5) is 12.7. The lowest BCUT2D eigenvalue weighted by Crippen LogP contribution is -2.38. The second-order valence-electron chi connectivity index (χ2n) is 8.41. The van der Waals surface area contributed by atoms with Gasteiger partial charge in [0.1, 0.15) is 0 Å². The van der Waals surface area contributed by atoms with Crippen LogP contribution in [0.25, 0.3) is 0 Å². The van der Waals surface area contributed by atoms with Crippen molar-refractivity contribution >= 4 is 33.2 Å². The molecule has 0 bridgehead atoms. The molecule has 0 atom stereocenters. The van der Waals surface area contributed by atoms with Gasteiger partial charge in [-0.3, -0.25) is 15.6 Å². The number of halogens is 1. The predicted octanol–water partition coefficient (Wildman–Crippen LogP) is 4.69. The first-order valence-electron chi connectivity index (χ1n) is 10.7. The molecule has 1 aliphatic carbocycles. The average molecular weight is 464 g/mol. The zero-order valence-electron chi connectivity index (χ0n) is 17.9. The summed E-state index contributed by atoms with van der Waals surface area (Å²) in [7, 11) is -3.52. The fourth-order valence-corrected chi connectivity index (χ4v) is 4.98. The molecular formula is C23H30ClN3O3S. The number of nitrogens with one attached hydrogen (secondary N) is 3. The third-order valence-electron chi connectivity index (χ3n) is 5.81. The van der Waals surface area contributed by atoms with Crippen molar-refractivity contribution in [3.05, 3.63) is 59.1 Å². The van der Waals surface area contributed by atoms with E-state index in [0.717, 1.165) is 36.9 Å². The molecule has 0 saturated heterocycles. The number of anilines is 1. The second-order valence-corrected chi connectivity index (χ2v) is 10.6. The van der Waals surface area contributed by atoms with E-state index in [4.69, 9.17) is 11.6 Å². The quantitative estimate of drug-likeness (QED) is 0.495. The number of hydrogen-bond acceptors (Lipinski definition) is 4. The lowest BCUT2D eigenvalue weighted by atomic mass is 9.82. The molecule has 0 aromatic heterocycles. The molecule has 0 spiro atoms. The molecule has 2 aromatic carbocycles. The molecule has 1 amide bonds. The molecular weight excluding hydrogens is 434 g/mol. The van der Waals surface area contributed by atoms with Gasteiger partial charge in [0.25, 0.3) is 0 Å². The largest absolute Gasteiger partial charge is 0.299 e. The zero-order chi connectivity index (χ0) is 22.4. The summed E-state index contributed by atoms with van der Waals surface area (Å²) in [6.07, 6.45) is 3.11. The van der Waals surface area contributed by atoms with Gasteiger partial charge in [0, 0.05) is 17.5 Å². The third-order valence-corrected chi connectivity index (χ3v) is 7.50. The van der Waals surface area contributed by atoms with Crippen molar-refractivity contribution < 1.29 is 13.2 Å². The maximum Gasteiger partial charge on any atom is 0.241 e. The van der Waals surface area contributed by atoms with Crippen LogP contribution in [0.3, 0.4) is 0 Å². The summed E-state index contributed by atoms with van der Waals surface area (Å²) in [6, 6.07) is 14.1. The Morgan fingerprint density at radius 2 is 1.61 bits per heavy atom. The van der Waals surface area contributed by atoms with Crippen LogP contribution < -0.4 is 15.6 Å². The van der Waals surface area contributed by atoms with Gasteiger partial charge in [-0.1, -0.05) is 37.6 Å². The van der Waals surface area contributed by atoms with Crippen LogP contribution >= 0.6 is 11.6 Å². The Morgan fingerprint density at radius 3 is 2.19 bits per heavy atom. The first-order valence-corrected chi connectivity index (χ1v) is 12.5. The smallest absolute Gasteiger partial charge is 0.241 e. The van der Waals surface area contributed by atoms with Crippen LogP contribution in [0.5, 0.6) is 0 Å². The fraction of sp³-hybridized carbons (Fsp3) is 0.435. The van der Waals surface area contributed by atoms with E-state index >= 15 is 0 Å². The Bertz CT molecular complexity index is 968. The highest BCUT2D eigenvalue weighted by molar-refractivity contribution is 7.89. The Kier molecular flexibility index (Phi) is 7.97. The highest BCUT2D eigenvalue weighted by Crippen LogP contribution is 2.29. The SMILES string of the molecule is CC(C)c1ccc(S(=O)(=O)NCC2CCC(C(=O)NNc3ccc(Cl)cc3)CC2)cc1. The highest BCUT2D eigenvalue weighted by atomic mass is 35.5. The van der Waals surface area contributed by atoms with Gasteiger partial charge in [-0.15, -0.1) is 0 Å². The average Bonchev–Trinajstić information content (AvgIpc) is 2.77. The molecule has 0 heterocycles. The third kappa shape index (κ3) is 6.69. The molecule has 31 heavy (non-hydrogen) atoms. The van der Waals surface area contributed by atoms with Crippen molar-refractivity contribution in [1.29, 1.82) is 0 Å². The Morgan fingerprint density at radius 1 is 1.00 bits per heavy atom. The topological polar surface area (TPSA) is 87.3 Å². The zero-order valence-corrected chi connectivity index (χ0v) is 19.5. The lowest BCUT2D eigenvalue weighted by Gasteiger charge is -2.28. The van der Waals surface area contributed by atoms with Crippen LogP contribution in [0.1, 0.15) is 51.0 Å². The van der Waals surface area contributed by atoms with Gasteiger partial charge in [-0.05, 0) is 79.5 Å². The van der Waals surface area contributed by atoms with Crippen molar-refractivity contribution in [2.45, 2.75) is 50.3 Å². The molecule has 0 radical (unpaired) electrons. The first-order chi connectivity index (χ1) is 14.7. The van der Waals surface area contributed by atoms with Gasteiger partial charge in [-0.2, -0.15) is 0 Å². The second kappa shape index (κ2) is 10.5. The summed E-state index contributed by atoms with van der Waals surface area (Å²) in [5.41, 5.74) is 7.53. The monoisotopic (exact) mass is 463 g/mol. The highest BCUT2D eigenvalue weighted by Gasteiger charge is 2.27. The fourth-order valence-electron chi connectivity index (χ4n) is 3.74. The van der Waals surface area contributed by atoms with Gasteiger partial charge < -0.3 is 0 Å². The number of amides is 1. The Hall–Kier alpha value is -2.09. The van der Waals surface area contributed by atoms with E-state index in [1.807, 2.05) is 12.1 Å². The van der Waals surface area contributed by atoms with Gasteiger partial charge in [0.2, 0.25) is 15.9 Å². The molecule has 8 heteroatoms. The molecule has 168 valence electrons. The molecule has 6 nitrogen and oxygen atoms in total. The minimum atomic E-state index is -3.52. The van der Waals surface area contributed by atoms with Gasteiger partial charge in [-0.25, -0.2) is 13.1 Å². The van der Waals surface area contributed by atoms with Crippen LogP contribution in [0, 0.1) is 11.8 Å². The van der Waals surface area contributed by atoms with E-state index in [0.29, 0.717) is 22.4 Å². The molecule has 1 fully saturated rings. The summed E-state index contributed by atoms with van der Waals surface area (Å²) in [5, 5.41) is 0.637. The number of carbonyl (C=O) groups excluding carboxylic acids is 1. The van der Waals surface area contributed by atoms with Crippen molar-refractivity contribution in [2.24, 2.45) is 11.8 Å². The van der Waals surface area contributed by atoms with Crippen LogP contribution in [0.15, 0.2) is 53.4 Å². The minimum absolute atomic E-state index is 0.0424. The van der Waals surface area contributed by atoms with Gasteiger partial charge in [0.05, 0.1) is 10.6 Å². The molecule has 3 N–H and O–H groups in total. The van der Waals surface area contributed by atoms with E-state index in [9.17, 15) is 13.2 Å². The number of carbonyl (C=O) groups is 1. The van der Waals surface area contributed by atoms with Crippen molar-refractivity contribution in [2.75, 3.05) is 12.0 Å². The Balaban J connectivity index is 1.43. The van der Waals surface area contributed by atoms with E-state index in [1.54, 1.807) is 36.4 Å². The molecule has 0 unspecified atom stereocenters. The molecule has 1 saturated carbocycles. The normalized spacial score (nSPS) is 19.2. The van der Waals surface area contributed by atoms with Crippen LogP contribution in [0.4, 0.5) is 5.69 Å². The maximum absolute atomic E-state index is 12.6. The Labute approximate surface area is 189 Å². The predicted molar refractivity (Wildman–Crippen MR) is 124 cm³/mol. The van der Waals surface area contributed by atoms with Crippen LogP contribution in [0.2, 0.25) is 5.02 Å². The maximum atomic E-state index is 12.6.